The maximum atomic E-state index is 13.7. The van der Waals surface area contributed by atoms with E-state index in [9.17, 15) is 9.18 Å². The number of rotatable bonds is 11. The highest BCUT2D eigenvalue weighted by molar-refractivity contribution is 7.99. The number of hydrogen-bond donors (Lipinski definition) is 1. The molecule has 0 radical (unpaired) electrons. The second-order valence-electron chi connectivity index (χ2n) is 6.77. The highest BCUT2D eigenvalue weighted by Crippen LogP contribution is 2.42. The number of nitrogens with one attached hydrogen (secondary N) is 1. The van der Waals surface area contributed by atoms with Gasteiger partial charge in [0, 0.05) is 11.3 Å². The van der Waals surface area contributed by atoms with Gasteiger partial charge in [-0.1, -0.05) is 17.8 Å². The van der Waals surface area contributed by atoms with Gasteiger partial charge in [0.2, 0.25) is 17.5 Å². The molecule has 0 fully saturated rings. The lowest BCUT2D eigenvalue weighted by molar-refractivity contribution is -0.113. The zero-order chi connectivity index (χ0) is 23.8. The highest BCUT2D eigenvalue weighted by atomic mass is 32.2. The molecule has 10 heteroatoms. The predicted molar refractivity (Wildman–Crippen MR) is 124 cm³/mol. The highest BCUT2D eigenvalue weighted by Gasteiger charge is 2.19. The molecule has 0 aliphatic heterocycles. The number of benzene rings is 2. The lowest BCUT2D eigenvalue weighted by Gasteiger charge is -2.16. The van der Waals surface area contributed by atoms with E-state index in [2.05, 4.69) is 15.5 Å². The van der Waals surface area contributed by atoms with E-state index < -0.39 is 0 Å². The van der Waals surface area contributed by atoms with Crippen LogP contribution in [-0.2, 0) is 4.79 Å². The van der Waals surface area contributed by atoms with Gasteiger partial charge in [0.25, 0.3) is 5.22 Å². The van der Waals surface area contributed by atoms with Crippen molar-refractivity contribution in [3.63, 3.8) is 0 Å². The minimum atomic E-state index is -0.379. The van der Waals surface area contributed by atoms with Gasteiger partial charge >= 0.3 is 0 Å². The molecule has 0 saturated carbocycles. The molecule has 0 bridgehead atoms. The van der Waals surface area contributed by atoms with E-state index in [1.165, 1.54) is 6.07 Å². The molecule has 0 aliphatic carbocycles. The zero-order valence-corrected chi connectivity index (χ0v) is 19.8. The Balaban J connectivity index is 1.72. The third-order valence-corrected chi connectivity index (χ3v) is 5.16. The van der Waals surface area contributed by atoms with Crippen LogP contribution in [0.5, 0.6) is 17.2 Å². The van der Waals surface area contributed by atoms with E-state index in [1.807, 2.05) is 20.8 Å². The quantitative estimate of drug-likeness (QED) is 0.382. The zero-order valence-electron chi connectivity index (χ0n) is 18.9. The van der Waals surface area contributed by atoms with Gasteiger partial charge in [-0.3, -0.25) is 4.79 Å². The molecule has 0 unspecified atom stereocenters. The van der Waals surface area contributed by atoms with Crippen molar-refractivity contribution in [1.82, 2.24) is 10.2 Å². The van der Waals surface area contributed by atoms with E-state index in [-0.39, 0.29) is 28.6 Å². The Bertz CT molecular complexity index is 1080. The predicted octanol–water partition coefficient (Wildman–Crippen LogP) is 5.11. The monoisotopic (exact) mass is 475 g/mol. The summed E-state index contributed by atoms with van der Waals surface area (Å²) in [5.74, 6) is 1.12. The number of carbonyl (C=O) groups excluding carboxylic acids is 1. The topological polar surface area (TPSA) is 95.7 Å². The molecule has 0 atom stereocenters. The van der Waals surface area contributed by atoms with Gasteiger partial charge in [-0.05, 0) is 57.5 Å². The minimum Gasteiger partial charge on any atom is -0.490 e. The van der Waals surface area contributed by atoms with E-state index >= 15 is 0 Å². The van der Waals surface area contributed by atoms with Crippen LogP contribution in [0.25, 0.3) is 11.5 Å². The Labute approximate surface area is 195 Å². The lowest BCUT2D eigenvalue weighted by Crippen LogP contribution is -2.14. The summed E-state index contributed by atoms with van der Waals surface area (Å²) in [5.41, 5.74) is 1.50. The molecule has 0 spiro atoms. The molecule has 2 aromatic carbocycles. The molecule has 3 aromatic rings. The summed E-state index contributed by atoms with van der Waals surface area (Å²) in [4.78, 5) is 12.2. The number of halogens is 1. The smallest absolute Gasteiger partial charge is 0.277 e. The second-order valence-corrected chi connectivity index (χ2v) is 7.70. The average Bonchev–Trinajstić information content (AvgIpc) is 3.26. The number of amides is 1. The van der Waals surface area contributed by atoms with Crippen molar-refractivity contribution in [3.8, 4) is 28.7 Å². The van der Waals surface area contributed by atoms with E-state index in [4.69, 9.17) is 18.6 Å². The number of aryl methyl sites for hydroxylation is 1. The summed E-state index contributed by atoms with van der Waals surface area (Å²) in [6, 6.07) is 8.02. The lowest BCUT2D eigenvalue weighted by atomic mass is 10.2. The van der Waals surface area contributed by atoms with Crippen molar-refractivity contribution in [2.75, 3.05) is 30.9 Å². The first kappa shape index (κ1) is 24.4. The molecule has 33 heavy (non-hydrogen) atoms. The van der Waals surface area contributed by atoms with Crippen molar-refractivity contribution in [3.05, 3.63) is 41.7 Å². The average molecular weight is 476 g/mol. The van der Waals surface area contributed by atoms with Crippen LogP contribution in [0.4, 0.5) is 10.1 Å². The number of nitrogens with zero attached hydrogens (tertiary/aromatic N) is 2. The second kappa shape index (κ2) is 11.6. The Morgan fingerprint density at radius 2 is 1.70 bits per heavy atom. The summed E-state index contributed by atoms with van der Waals surface area (Å²) in [6.45, 7) is 8.63. The van der Waals surface area contributed by atoms with E-state index in [0.717, 1.165) is 11.8 Å². The number of carbonyl (C=O) groups is 1. The number of thioether (sulfide) groups is 1. The summed E-state index contributed by atoms with van der Waals surface area (Å²) in [6.07, 6.45) is 0. The van der Waals surface area contributed by atoms with Gasteiger partial charge in [0.15, 0.2) is 11.5 Å². The molecule has 1 amide bonds. The van der Waals surface area contributed by atoms with Crippen LogP contribution in [0.15, 0.2) is 40.0 Å². The van der Waals surface area contributed by atoms with Crippen LogP contribution in [0.3, 0.4) is 0 Å². The number of hydrogen-bond acceptors (Lipinski definition) is 8. The standard InChI is InChI=1S/C23H26FN3O5S/c1-5-29-18-10-15(11-19(30-6-2)21(18)31-7-3)22-26-27-23(32-22)33-13-20(28)25-16-9-8-14(4)17(24)12-16/h8-12H,5-7,13H2,1-4H3,(H,25,28). The third-order valence-electron chi connectivity index (χ3n) is 4.34. The third kappa shape index (κ3) is 6.38. The molecule has 0 aliphatic rings. The molecule has 176 valence electrons. The number of aromatic nitrogens is 2. The molecule has 8 nitrogen and oxygen atoms in total. The number of anilines is 1. The maximum absolute atomic E-state index is 13.7. The molecule has 0 saturated heterocycles. The summed E-state index contributed by atoms with van der Waals surface area (Å²) < 4.78 is 36.5. The van der Waals surface area contributed by atoms with Crippen LogP contribution in [0, 0.1) is 12.7 Å². The minimum absolute atomic E-state index is 0.0226. The van der Waals surface area contributed by atoms with E-state index in [1.54, 1.807) is 31.2 Å². The fourth-order valence-corrected chi connectivity index (χ4v) is 3.46. The first-order chi connectivity index (χ1) is 15.9. The van der Waals surface area contributed by atoms with Crippen LogP contribution >= 0.6 is 11.8 Å². The van der Waals surface area contributed by atoms with Crippen LogP contribution < -0.4 is 19.5 Å². The number of ether oxygens (including phenoxy) is 3. The fraction of sp³-hybridized carbons (Fsp3) is 0.348. The molecular formula is C23H26FN3O5S. The Hall–Kier alpha value is -3.27. The van der Waals surface area contributed by atoms with Crippen molar-refractivity contribution in [1.29, 1.82) is 0 Å². The van der Waals surface area contributed by atoms with Crippen LogP contribution in [0.1, 0.15) is 26.3 Å². The van der Waals surface area contributed by atoms with Gasteiger partial charge in [-0.25, -0.2) is 4.39 Å². The molecule has 3 rings (SSSR count). The maximum Gasteiger partial charge on any atom is 0.277 e. The van der Waals surface area contributed by atoms with Gasteiger partial charge in [0.05, 0.1) is 25.6 Å². The molecular weight excluding hydrogens is 449 g/mol. The fourth-order valence-electron chi connectivity index (χ4n) is 2.89. The molecule has 1 N–H and O–H groups in total. The van der Waals surface area contributed by atoms with Gasteiger partial charge in [-0.2, -0.15) is 0 Å². The van der Waals surface area contributed by atoms with Crippen molar-refractivity contribution in [2.24, 2.45) is 0 Å². The van der Waals surface area contributed by atoms with E-state index in [0.29, 0.717) is 53.9 Å². The Morgan fingerprint density at radius 1 is 1.03 bits per heavy atom. The molecule has 1 aromatic heterocycles. The van der Waals surface area contributed by atoms with Crippen molar-refractivity contribution in [2.45, 2.75) is 32.9 Å². The van der Waals surface area contributed by atoms with Gasteiger partial charge in [0.1, 0.15) is 5.82 Å². The molecule has 1 heterocycles. The SMILES string of the molecule is CCOc1cc(-c2nnc(SCC(=O)Nc3ccc(C)c(F)c3)o2)cc(OCC)c1OCC. The van der Waals surface area contributed by atoms with Gasteiger partial charge < -0.3 is 23.9 Å². The Morgan fingerprint density at radius 3 is 2.30 bits per heavy atom. The van der Waals surface area contributed by atoms with Gasteiger partial charge in [-0.15, -0.1) is 10.2 Å². The van der Waals surface area contributed by atoms with Crippen LogP contribution in [-0.4, -0.2) is 41.7 Å². The first-order valence-corrected chi connectivity index (χ1v) is 11.5. The Kier molecular flexibility index (Phi) is 8.53. The first-order valence-electron chi connectivity index (χ1n) is 10.5. The summed E-state index contributed by atoms with van der Waals surface area (Å²) in [5, 5.41) is 10.9. The van der Waals surface area contributed by atoms with Crippen molar-refractivity contribution >= 4 is 23.4 Å². The van der Waals surface area contributed by atoms with Crippen LogP contribution in [0.2, 0.25) is 0 Å². The van der Waals surface area contributed by atoms with Crippen molar-refractivity contribution < 1.29 is 27.8 Å². The summed E-state index contributed by atoms with van der Waals surface area (Å²) in [7, 11) is 0. The largest absolute Gasteiger partial charge is 0.490 e. The summed E-state index contributed by atoms with van der Waals surface area (Å²) >= 11 is 1.08. The normalized spacial score (nSPS) is 10.7.